The summed E-state index contributed by atoms with van der Waals surface area (Å²) in [4.78, 5) is 23.5. The molecular formula is C16H23N3O2. The Morgan fingerprint density at radius 1 is 1.19 bits per heavy atom. The second kappa shape index (κ2) is 7.22. The minimum absolute atomic E-state index is 0.0424. The number of carbonyl (C=O) groups excluding carboxylic acids is 2. The first-order valence-electron chi connectivity index (χ1n) is 7.51. The van der Waals surface area contributed by atoms with Crippen LogP contribution in [0, 0.1) is 12.8 Å². The van der Waals surface area contributed by atoms with Crippen LogP contribution in [0.1, 0.15) is 37.7 Å². The van der Waals surface area contributed by atoms with Gasteiger partial charge in [-0.2, -0.15) is 0 Å². The summed E-state index contributed by atoms with van der Waals surface area (Å²) in [5.74, 6) is 0.0136. The van der Waals surface area contributed by atoms with Crippen LogP contribution in [0.3, 0.4) is 0 Å². The van der Waals surface area contributed by atoms with E-state index >= 15 is 0 Å². The summed E-state index contributed by atoms with van der Waals surface area (Å²) in [5.41, 5.74) is 7.69. The molecule has 4 N–H and O–H groups in total. The van der Waals surface area contributed by atoms with Crippen LogP contribution in [-0.4, -0.2) is 18.4 Å². The van der Waals surface area contributed by atoms with Gasteiger partial charge in [0, 0.05) is 17.3 Å². The van der Waals surface area contributed by atoms with Crippen LogP contribution in [-0.2, 0) is 9.59 Å². The number of amides is 2. The van der Waals surface area contributed by atoms with Crippen molar-refractivity contribution in [1.29, 1.82) is 0 Å². The van der Waals surface area contributed by atoms with Crippen LogP contribution in [0.5, 0.6) is 0 Å². The Morgan fingerprint density at radius 2 is 1.90 bits per heavy atom. The lowest BCUT2D eigenvalue weighted by Gasteiger charge is -2.21. The second-order valence-corrected chi connectivity index (χ2v) is 5.61. The van der Waals surface area contributed by atoms with Crippen molar-refractivity contribution in [2.45, 2.75) is 39.0 Å². The molecule has 1 fully saturated rings. The molecule has 1 saturated carbocycles. The van der Waals surface area contributed by atoms with Crippen LogP contribution in [0.2, 0.25) is 0 Å². The molecule has 5 heteroatoms. The number of anilines is 2. The molecule has 0 radical (unpaired) electrons. The van der Waals surface area contributed by atoms with E-state index in [0.29, 0.717) is 5.69 Å². The van der Waals surface area contributed by atoms with Gasteiger partial charge in [-0.3, -0.25) is 9.59 Å². The normalized spacial score (nSPS) is 15.5. The third kappa shape index (κ3) is 4.29. The fourth-order valence-corrected chi connectivity index (χ4v) is 2.69. The lowest BCUT2D eigenvalue weighted by atomic mass is 9.88. The molecule has 0 aliphatic heterocycles. The summed E-state index contributed by atoms with van der Waals surface area (Å²) in [6, 6.07) is 5.43. The van der Waals surface area contributed by atoms with E-state index in [1.807, 2.05) is 19.1 Å². The Bertz CT molecular complexity index is 522. The number of hydrogen-bond acceptors (Lipinski definition) is 3. The molecule has 0 saturated heterocycles. The lowest BCUT2D eigenvalue weighted by molar-refractivity contribution is -0.120. The summed E-state index contributed by atoms with van der Waals surface area (Å²) in [7, 11) is 0. The number of aryl methyl sites for hydroxylation is 1. The summed E-state index contributed by atoms with van der Waals surface area (Å²) in [6.45, 7) is 1.87. The van der Waals surface area contributed by atoms with Crippen LogP contribution < -0.4 is 16.4 Å². The molecule has 5 nitrogen and oxygen atoms in total. The van der Waals surface area contributed by atoms with E-state index in [0.717, 1.165) is 36.9 Å². The zero-order chi connectivity index (χ0) is 15.2. The Labute approximate surface area is 125 Å². The van der Waals surface area contributed by atoms with Gasteiger partial charge in [0.2, 0.25) is 11.8 Å². The predicted molar refractivity (Wildman–Crippen MR) is 84.1 cm³/mol. The van der Waals surface area contributed by atoms with E-state index in [1.54, 1.807) is 6.07 Å². The Morgan fingerprint density at radius 3 is 2.52 bits per heavy atom. The first kappa shape index (κ1) is 15.5. The van der Waals surface area contributed by atoms with Gasteiger partial charge in [0.05, 0.1) is 6.54 Å². The Balaban J connectivity index is 2.00. The van der Waals surface area contributed by atoms with Crippen LogP contribution >= 0.6 is 0 Å². The van der Waals surface area contributed by atoms with E-state index in [9.17, 15) is 9.59 Å². The quantitative estimate of drug-likeness (QED) is 0.795. The average Bonchev–Trinajstić information content (AvgIpc) is 2.50. The average molecular weight is 289 g/mol. The first-order chi connectivity index (χ1) is 10.1. The molecule has 2 amide bonds. The van der Waals surface area contributed by atoms with Gasteiger partial charge in [-0.15, -0.1) is 0 Å². The molecule has 0 aromatic heterocycles. The molecule has 0 spiro atoms. The number of hydrogen-bond donors (Lipinski definition) is 3. The standard InChI is InChI=1S/C16H23N3O2/c1-11-9-13(18-15(20)10-17)7-8-14(11)19-16(21)12-5-3-2-4-6-12/h7-9,12H,2-6,10,17H2,1H3,(H,18,20)(H,19,21). The van der Waals surface area contributed by atoms with Gasteiger partial charge in [-0.25, -0.2) is 0 Å². The molecule has 1 aromatic carbocycles. The van der Waals surface area contributed by atoms with Crippen molar-refractivity contribution < 1.29 is 9.59 Å². The zero-order valence-electron chi connectivity index (χ0n) is 12.4. The number of benzene rings is 1. The van der Waals surface area contributed by atoms with Gasteiger partial charge < -0.3 is 16.4 Å². The number of nitrogens with one attached hydrogen (secondary N) is 2. The molecule has 2 rings (SSSR count). The zero-order valence-corrected chi connectivity index (χ0v) is 12.4. The maximum atomic E-state index is 12.2. The highest BCUT2D eigenvalue weighted by Gasteiger charge is 2.21. The highest BCUT2D eigenvalue weighted by atomic mass is 16.2. The fourth-order valence-electron chi connectivity index (χ4n) is 2.69. The molecule has 0 bridgehead atoms. The minimum Gasteiger partial charge on any atom is -0.326 e. The Hall–Kier alpha value is -1.88. The summed E-state index contributed by atoms with van der Waals surface area (Å²) < 4.78 is 0. The van der Waals surface area contributed by atoms with Crippen molar-refractivity contribution in [3.05, 3.63) is 23.8 Å². The third-order valence-corrected chi connectivity index (χ3v) is 3.93. The molecule has 114 valence electrons. The topological polar surface area (TPSA) is 84.2 Å². The van der Waals surface area contributed by atoms with E-state index < -0.39 is 0 Å². The first-order valence-corrected chi connectivity index (χ1v) is 7.51. The van der Waals surface area contributed by atoms with Crippen molar-refractivity contribution in [2.75, 3.05) is 17.2 Å². The summed E-state index contributed by atoms with van der Waals surface area (Å²) in [6.07, 6.45) is 5.48. The smallest absolute Gasteiger partial charge is 0.238 e. The maximum Gasteiger partial charge on any atom is 0.238 e. The monoisotopic (exact) mass is 289 g/mol. The predicted octanol–water partition coefficient (Wildman–Crippen LogP) is 2.41. The lowest BCUT2D eigenvalue weighted by Crippen LogP contribution is -2.25. The molecule has 0 atom stereocenters. The Kier molecular flexibility index (Phi) is 5.33. The summed E-state index contributed by atoms with van der Waals surface area (Å²) >= 11 is 0. The van der Waals surface area contributed by atoms with Gasteiger partial charge in [-0.05, 0) is 43.5 Å². The fraction of sp³-hybridized carbons (Fsp3) is 0.500. The number of rotatable bonds is 4. The van der Waals surface area contributed by atoms with Gasteiger partial charge in [0.25, 0.3) is 0 Å². The maximum absolute atomic E-state index is 12.2. The van der Waals surface area contributed by atoms with E-state index in [2.05, 4.69) is 10.6 Å². The highest BCUT2D eigenvalue weighted by Crippen LogP contribution is 2.26. The molecule has 1 aliphatic rings. The van der Waals surface area contributed by atoms with Crippen molar-refractivity contribution in [1.82, 2.24) is 0 Å². The van der Waals surface area contributed by atoms with Crippen molar-refractivity contribution in [3.63, 3.8) is 0 Å². The highest BCUT2D eigenvalue weighted by molar-refractivity contribution is 5.95. The van der Waals surface area contributed by atoms with Gasteiger partial charge in [0.15, 0.2) is 0 Å². The molecule has 0 heterocycles. The van der Waals surface area contributed by atoms with Gasteiger partial charge in [0.1, 0.15) is 0 Å². The molecule has 0 unspecified atom stereocenters. The van der Waals surface area contributed by atoms with Crippen LogP contribution in [0.4, 0.5) is 11.4 Å². The van der Waals surface area contributed by atoms with Crippen molar-refractivity contribution >= 4 is 23.2 Å². The second-order valence-electron chi connectivity index (χ2n) is 5.61. The molecule has 21 heavy (non-hydrogen) atoms. The van der Waals surface area contributed by atoms with Crippen LogP contribution in [0.25, 0.3) is 0 Å². The van der Waals surface area contributed by atoms with E-state index in [-0.39, 0.29) is 24.3 Å². The van der Waals surface area contributed by atoms with E-state index in [1.165, 1.54) is 6.42 Å². The SMILES string of the molecule is Cc1cc(NC(=O)CN)ccc1NC(=O)C1CCCCC1. The van der Waals surface area contributed by atoms with E-state index in [4.69, 9.17) is 5.73 Å². The van der Waals surface area contributed by atoms with Crippen molar-refractivity contribution in [2.24, 2.45) is 11.7 Å². The van der Waals surface area contributed by atoms with Crippen molar-refractivity contribution in [3.8, 4) is 0 Å². The van der Waals surface area contributed by atoms with Gasteiger partial charge in [-0.1, -0.05) is 19.3 Å². The number of carbonyl (C=O) groups is 2. The van der Waals surface area contributed by atoms with Gasteiger partial charge >= 0.3 is 0 Å². The molecular weight excluding hydrogens is 266 g/mol. The number of nitrogens with two attached hydrogens (primary N) is 1. The molecule has 1 aliphatic carbocycles. The largest absolute Gasteiger partial charge is 0.326 e. The third-order valence-electron chi connectivity index (χ3n) is 3.93. The minimum atomic E-state index is -0.228. The van der Waals surface area contributed by atoms with Crippen LogP contribution in [0.15, 0.2) is 18.2 Å². The summed E-state index contributed by atoms with van der Waals surface area (Å²) in [5, 5.41) is 5.70. The molecule has 1 aromatic rings.